The summed E-state index contributed by atoms with van der Waals surface area (Å²) < 4.78 is 5.43. The summed E-state index contributed by atoms with van der Waals surface area (Å²) in [5.74, 6) is 0.868. The Hall–Kier alpha value is -1.62. The lowest BCUT2D eigenvalue weighted by molar-refractivity contribution is -0.770. The van der Waals surface area contributed by atoms with Crippen LogP contribution in [0.4, 0.5) is 0 Å². The number of ether oxygens (including phenoxy) is 1. The molecule has 5 nitrogen and oxygen atoms in total. The monoisotopic (exact) mass is 307 g/mol. The summed E-state index contributed by atoms with van der Waals surface area (Å²) in [6.07, 6.45) is 3.52. The first-order chi connectivity index (χ1) is 10.6. The zero-order valence-electron chi connectivity index (χ0n) is 13.4. The summed E-state index contributed by atoms with van der Waals surface area (Å²) >= 11 is 0. The molecule has 0 aromatic heterocycles. The molecule has 1 aromatic rings. The molecule has 0 bridgehead atoms. The molecule has 1 aromatic carbocycles. The molecule has 1 aliphatic heterocycles. The van der Waals surface area contributed by atoms with Crippen LogP contribution in [0, 0.1) is 16.0 Å². The molecule has 0 saturated carbocycles. The van der Waals surface area contributed by atoms with E-state index in [2.05, 4.69) is 43.0 Å². The zero-order chi connectivity index (χ0) is 15.9. The van der Waals surface area contributed by atoms with Crippen LogP contribution < -0.4 is 0 Å². The second kappa shape index (κ2) is 8.13. The van der Waals surface area contributed by atoms with E-state index in [-0.39, 0.29) is 5.92 Å². The highest BCUT2D eigenvalue weighted by Crippen LogP contribution is 2.24. The van der Waals surface area contributed by atoms with E-state index in [4.69, 9.17) is 4.74 Å². The first kappa shape index (κ1) is 16.7. The average Bonchev–Trinajstić information content (AvgIpc) is 2.48. The molecule has 1 aliphatic rings. The summed E-state index contributed by atoms with van der Waals surface area (Å²) in [6.45, 7) is 5.42. The van der Waals surface area contributed by atoms with Gasteiger partial charge in [0.1, 0.15) is 6.10 Å². The third-order valence-corrected chi connectivity index (χ3v) is 4.28. The van der Waals surface area contributed by atoms with Crippen molar-refractivity contribution in [2.75, 3.05) is 13.2 Å². The SMILES string of the molecule is CCCC(C)c1ccc(CC2COCC(O[N+](=O)[O-])C2)cc1. The quantitative estimate of drug-likeness (QED) is 0.568. The van der Waals surface area contributed by atoms with Gasteiger partial charge in [-0.3, -0.25) is 0 Å². The lowest BCUT2D eigenvalue weighted by Crippen LogP contribution is -2.34. The molecule has 3 atom stereocenters. The molecule has 3 unspecified atom stereocenters. The van der Waals surface area contributed by atoms with E-state index in [1.807, 2.05) is 0 Å². The predicted octanol–water partition coefficient (Wildman–Crippen LogP) is 3.75. The lowest BCUT2D eigenvalue weighted by Gasteiger charge is -2.27. The van der Waals surface area contributed by atoms with E-state index < -0.39 is 11.2 Å². The Morgan fingerprint density at radius 2 is 2.09 bits per heavy atom. The van der Waals surface area contributed by atoms with Gasteiger partial charge in [-0.15, -0.1) is 10.1 Å². The van der Waals surface area contributed by atoms with Gasteiger partial charge in [-0.05, 0) is 42.2 Å². The highest BCUT2D eigenvalue weighted by Gasteiger charge is 2.25. The molecule has 0 amide bonds. The third kappa shape index (κ3) is 4.98. The number of benzene rings is 1. The van der Waals surface area contributed by atoms with Crippen molar-refractivity contribution in [1.82, 2.24) is 0 Å². The average molecular weight is 307 g/mol. The van der Waals surface area contributed by atoms with Crippen LogP contribution in [0.2, 0.25) is 0 Å². The standard InChI is InChI=1S/C17H25NO4/c1-3-4-13(2)16-7-5-14(6-8-16)9-15-10-17(12-21-11-15)22-18(19)20/h5-8,13,15,17H,3-4,9-12H2,1-2H3. The Morgan fingerprint density at radius 3 is 2.73 bits per heavy atom. The van der Waals surface area contributed by atoms with Gasteiger partial charge in [0.2, 0.25) is 0 Å². The summed E-state index contributed by atoms with van der Waals surface area (Å²) in [6, 6.07) is 8.73. The fraction of sp³-hybridized carbons (Fsp3) is 0.647. The first-order valence-electron chi connectivity index (χ1n) is 8.06. The normalized spacial score (nSPS) is 23.0. The van der Waals surface area contributed by atoms with Crippen LogP contribution in [0.3, 0.4) is 0 Å². The minimum Gasteiger partial charge on any atom is -0.379 e. The number of hydrogen-bond donors (Lipinski definition) is 0. The number of rotatable bonds is 7. The largest absolute Gasteiger partial charge is 0.379 e. The van der Waals surface area contributed by atoms with Crippen molar-refractivity contribution in [3.05, 3.63) is 45.5 Å². The van der Waals surface area contributed by atoms with E-state index in [1.165, 1.54) is 24.0 Å². The fourth-order valence-electron chi connectivity index (χ4n) is 3.13. The van der Waals surface area contributed by atoms with E-state index in [9.17, 15) is 10.1 Å². The van der Waals surface area contributed by atoms with Crippen molar-refractivity contribution >= 4 is 0 Å². The van der Waals surface area contributed by atoms with Gasteiger partial charge in [0, 0.05) is 6.61 Å². The molecule has 122 valence electrons. The van der Waals surface area contributed by atoms with Gasteiger partial charge < -0.3 is 9.57 Å². The maximum atomic E-state index is 10.4. The van der Waals surface area contributed by atoms with Gasteiger partial charge in [0.15, 0.2) is 0 Å². The first-order valence-corrected chi connectivity index (χ1v) is 8.06. The molecular formula is C17H25NO4. The van der Waals surface area contributed by atoms with Gasteiger partial charge in [0.05, 0.1) is 6.61 Å². The van der Waals surface area contributed by atoms with Crippen molar-refractivity contribution in [2.45, 2.75) is 51.6 Å². The van der Waals surface area contributed by atoms with Crippen LogP contribution in [0.25, 0.3) is 0 Å². The van der Waals surface area contributed by atoms with Crippen LogP contribution in [-0.2, 0) is 16.0 Å². The van der Waals surface area contributed by atoms with Crippen molar-refractivity contribution in [3.8, 4) is 0 Å². The minimum atomic E-state index is -0.722. The second-order valence-corrected chi connectivity index (χ2v) is 6.23. The number of nitrogens with zero attached hydrogens (tertiary/aromatic N) is 1. The molecule has 0 spiro atoms. The molecule has 1 saturated heterocycles. The molecule has 22 heavy (non-hydrogen) atoms. The highest BCUT2D eigenvalue weighted by atomic mass is 17.0. The zero-order valence-corrected chi connectivity index (χ0v) is 13.4. The number of hydrogen-bond acceptors (Lipinski definition) is 4. The molecule has 1 heterocycles. The van der Waals surface area contributed by atoms with Gasteiger partial charge in [-0.25, -0.2) is 0 Å². The van der Waals surface area contributed by atoms with Crippen LogP contribution in [0.5, 0.6) is 0 Å². The summed E-state index contributed by atoms with van der Waals surface area (Å²) in [5.41, 5.74) is 2.63. The summed E-state index contributed by atoms with van der Waals surface area (Å²) in [7, 11) is 0. The Labute approximate surface area is 131 Å². The lowest BCUT2D eigenvalue weighted by atomic mass is 9.90. The Kier molecular flexibility index (Phi) is 6.19. The summed E-state index contributed by atoms with van der Waals surface area (Å²) in [4.78, 5) is 15.0. The predicted molar refractivity (Wildman–Crippen MR) is 84.3 cm³/mol. The van der Waals surface area contributed by atoms with Crippen LogP contribution >= 0.6 is 0 Å². The van der Waals surface area contributed by atoms with Gasteiger partial charge in [-0.2, -0.15) is 0 Å². The topological polar surface area (TPSA) is 61.6 Å². The summed E-state index contributed by atoms with van der Waals surface area (Å²) in [5, 5.41) is 9.69. The maximum absolute atomic E-state index is 10.4. The molecule has 0 N–H and O–H groups in total. The molecular weight excluding hydrogens is 282 g/mol. The molecule has 0 radical (unpaired) electrons. The van der Waals surface area contributed by atoms with Crippen LogP contribution in [0.1, 0.15) is 50.2 Å². The Morgan fingerprint density at radius 1 is 1.36 bits per heavy atom. The van der Waals surface area contributed by atoms with Crippen LogP contribution in [0.15, 0.2) is 24.3 Å². The van der Waals surface area contributed by atoms with Crippen molar-refractivity contribution in [1.29, 1.82) is 0 Å². The van der Waals surface area contributed by atoms with E-state index >= 15 is 0 Å². The fourth-order valence-corrected chi connectivity index (χ4v) is 3.13. The van der Waals surface area contributed by atoms with Gasteiger partial charge in [-0.1, -0.05) is 44.5 Å². The van der Waals surface area contributed by atoms with Crippen molar-refractivity contribution in [2.24, 2.45) is 5.92 Å². The molecule has 0 aliphatic carbocycles. The minimum absolute atomic E-state index is 0.276. The van der Waals surface area contributed by atoms with Crippen LogP contribution in [-0.4, -0.2) is 24.4 Å². The molecule has 2 rings (SSSR count). The maximum Gasteiger partial charge on any atom is 0.294 e. The van der Waals surface area contributed by atoms with Gasteiger partial charge in [0.25, 0.3) is 5.09 Å². The third-order valence-electron chi connectivity index (χ3n) is 4.28. The van der Waals surface area contributed by atoms with Gasteiger partial charge >= 0.3 is 0 Å². The smallest absolute Gasteiger partial charge is 0.294 e. The Bertz CT molecular complexity index is 474. The second-order valence-electron chi connectivity index (χ2n) is 6.23. The van der Waals surface area contributed by atoms with E-state index in [0.717, 1.165) is 6.42 Å². The van der Waals surface area contributed by atoms with Crippen molar-refractivity contribution < 1.29 is 14.7 Å². The molecule has 5 heteroatoms. The van der Waals surface area contributed by atoms with E-state index in [0.29, 0.717) is 25.6 Å². The highest BCUT2D eigenvalue weighted by molar-refractivity contribution is 5.25. The molecule has 1 fully saturated rings. The Balaban J connectivity index is 1.88. The van der Waals surface area contributed by atoms with Crippen molar-refractivity contribution in [3.63, 3.8) is 0 Å². The van der Waals surface area contributed by atoms with E-state index in [1.54, 1.807) is 0 Å².